The van der Waals surface area contributed by atoms with Crippen molar-refractivity contribution >= 4 is 17.6 Å². The Morgan fingerprint density at radius 2 is 1.48 bits per heavy atom. The minimum absolute atomic E-state index is 0.161. The largest absolute Gasteiger partial charge is 0.487 e. The lowest BCUT2D eigenvalue weighted by Gasteiger charge is -2.38. The van der Waals surface area contributed by atoms with Crippen molar-refractivity contribution in [3.8, 4) is 17.2 Å². The summed E-state index contributed by atoms with van der Waals surface area (Å²) in [6.45, 7) is 17.7. The Bertz CT molecular complexity index is 1160. The third-order valence-corrected chi connectivity index (χ3v) is 9.48. The van der Waals surface area contributed by atoms with E-state index in [2.05, 4.69) is 41.5 Å². The Morgan fingerprint density at radius 3 is 2.10 bits per heavy atom. The summed E-state index contributed by atoms with van der Waals surface area (Å²) >= 11 is 5.93. The van der Waals surface area contributed by atoms with Gasteiger partial charge in [0.1, 0.15) is 22.8 Å². The first kappa shape index (κ1) is 34.3. The topological polar surface area (TPSA) is 44.8 Å². The van der Waals surface area contributed by atoms with E-state index < -0.39 is 5.97 Å². The molecule has 4 nitrogen and oxygen atoms in total. The fraction of sp³-hybridized carbons (Fsp3) is 0.649. The molecular weight excluding hydrogens is 544 g/mol. The maximum Gasteiger partial charge on any atom is 0.349 e. The first-order valence-electron chi connectivity index (χ1n) is 16.3. The molecule has 0 aliphatic carbocycles. The van der Waals surface area contributed by atoms with E-state index >= 15 is 0 Å². The fourth-order valence-corrected chi connectivity index (χ4v) is 6.36. The molecule has 0 saturated carbocycles. The van der Waals surface area contributed by atoms with Crippen LogP contribution in [0.2, 0.25) is 5.02 Å². The summed E-state index contributed by atoms with van der Waals surface area (Å²) in [6, 6.07) is 6.94. The monoisotopic (exact) mass is 598 g/mol. The predicted molar refractivity (Wildman–Crippen MR) is 175 cm³/mol. The van der Waals surface area contributed by atoms with Crippen molar-refractivity contribution in [3.05, 3.63) is 51.5 Å². The Morgan fingerprint density at radius 1 is 0.881 bits per heavy atom. The zero-order chi connectivity index (χ0) is 30.9. The lowest BCUT2D eigenvalue weighted by atomic mass is 9.83. The third-order valence-electron chi connectivity index (χ3n) is 9.22. The van der Waals surface area contributed by atoms with Gasteiger partial charge in [0, 0.05) is 10.6 Å². The number of carbonyl (C=O) groups excluding carboxylic acids is 1. The molecule has 2 aromatic carbocycles. The lowest BCUT2D eigenvalue weighted by molar-refractivity contribution is -0.136. The molecule has 0 saturated heterocycles. The van der Waals surface area contributed by atoms with Crippen molar-refractivity contribution in [1.82, 2.24) is 0 Å². The standard InChI is InChI=1S/C37H55ClO4/c1-25(2)12-9-13-26(3)14-10-15-27(4)16-11-22-37(8)23-21-33-30(7)35(28(5)29(6)36(33)42-37)41-34(39)24-40-32-19-17-31(38)18-20-32/h17-20,25-27H,9-16,21-24H2,1-8H3/t26-,27-,37-/m0/s1. The smallest absolute Gasteiger partial charge is 0.349 e. The number of halogens is 1. The van der Waals surface area contributed by atoms with Gasteiger partial charge >= 0.3 is 5.97 Å². The number of benzene rings is 2. The number of esters is 1. The average Bonchev–Trinajstić information content (AvgIpc) is 2.93. The van der Waals surface area contributed by atoms with Crippen molar-refractivity contribution in [2.45, 2.75) is 132 Å². The van der Waals surface area contributed by atoms with Crippen LogP contribution < -0.4 is 14.2 Å². The SMILES string of the molecule is Cc1c(C)c2c(c(C)c1OC(=O)COc1ccc(Cl)cc1)CC[C@](C)(CCC[C@@H](C)CCC[C@@H](C)CCCC(C)C)O2. The van der Waals surface area contributed by atoms with Gasteiger partial charge in [-0.05, 0) is 112 Å². The molecule has 1 aliphatic rings. The first-order valence-corrected chi connectivity index (χ1v) is 16.7. The molecule has 234 valence electrons. The highest BCUT2D eigenvalue weighted by Crippen LogP contribution is 2.45. The molecule has 42 heavy (non-hydrogen) atoms. The van der Waals surface area contributed by atoms with Crippen LogP contribution in [0.4, 0.5) is 0 Å². The number of carbonyl (C=O) groups is 1. The van der Waals surface area contributed by atoms with E-state index in [0.29, 0.717) is 16.5 Å². The lowest BCUT2D eigenvalue weighted by Crippen LogP contribution is -2.37. The van der Waals surface area contributed by atoms with E-state index in [-0.39, 0.29) is 12.2 Å². The van der Waals surface area contributed by atoms with Gasteiger partial charge in [0.25, 0.3) is 0 Å². The molecule has 0 unspecified atom stereocenters. The Balaban J connectivity index is 1.49. The Hall–Kier alpha value is -2.20. The van der Waals surface area contributed by atoms with E-state index in [1.54, 1.807) is 24.3 Å². The molecule has 0 bridgehead atoms. The highest BCUT2D eigenvalue weighted by Gasteiger charge is 2.34. The second-order valence-corrected chi connectivity index (χ2v) is 14.1. The zero-order valence-corrected chi connectivity index (χ0v) is 28.3. The van der Waals surface area contributed by atoms with Gasteiger partial charge in [-0.15, -0.1) is 0 Å². The van der Waals surface area contributed by atoms with Gasteiger partial charge in [-0.2, -0.15) is 0 Å². The van der Waals surface area contributed by atoms with Gasteiger partial charge in [-0.1, -0.05) is 84.2 Å². The minimum Gasteiger partial charge on any atom is -0.487 e. The zero-order valence-electron chi connectivity index (χ0n) is 27.5. The molecule has 3 rings (SSSR count). The molecule has 2 aromatic rings. The van der Waals surface area contributed by atoms with Crippen molar-refractivity contribution in [2.24, 2.45) is 17.8 Å². The summed E-state index contributed by atoms with van der Waals surface area (Å²) in [5.74, 6) is 4.21. The molecule has 1 heterocycles. The van der Waals surface area contributed by atoms with Crippen molar-refractivity contribution < 1.29 is 19.0 Å². The molecule has 1 aliphatic heterocycles. The van der Waals surface area contributed by atoms with Crippen LogP contribution in [0.1, 0.15) is 121 Å². The number of hydrogen-bond donors (Lipinski definition) is 0. The predicted octanol–water partition coefficient (Wildman–Crippen LogP) is 10.8. The molecule has 0 fully saturated rings. The summed E-state index contributed by atoms with van der Waals surface area (Å²) in [5, 5.41) is 0.622. The summed E-state index contributed by atoms with van der Waals surface area (Å²) in [4.78, 5) is 12.7. The number of hydrogen-bond acceptors (Lipinski definition) is 4. The molecule has 0 N–H and O–H groups in total. The number of rotatable bonds is 16. The van der Waals surface area contributed by atoms with Crippen LogP contribution in [-0.4, -0.2) is 18.2 Å². The molecule has 0 spiro atoms. The van der Waals surface area contributed by atoms with Gasteiger partial charge in [0.05, 0.1) is 0 Å². The van der Waals surface area contributed by atoms with Crippen LogP contribution in [0.5, 0.6) is 17.2 Å². The maximum absolute atomic E-state index is 12.7. The minimum atomic E-state index is -0.424. The van der Waals surface area contributed by atoms with Gasteiger partial charge in [0.15, 0.2) is 6.61 Å². The third kappa shape index (κ3) is 10.2. The van der Waals surface area contributed by atoms with E-state index in [1.165, 1.54) is 51.4 Å². The average molecular weight is 599 g/mol. The quantitative estimate of drug-likeness (QED) is 0.142. The highest BCUT2D eigenvalue weighted by atomic mass is 35.5. The Kier molecular flexibility index (Phi) is 13.1. The van der Waals surface area contributed by atoms with E-state index in [4.69, 9.17) is 25.8 Å². The second-order valence-electron chi connectivity index (χ2n) is 13.6. The van der Waals surface area contributed by atoms with Crippen LogP contribution in [0.25, 0.3) is 0 Å². The molecule has 5 heteroatoms. The highest BCUT2D eigenvalue weighted by molar-refractivity contribution is 6.30. The van der Waals surface area contributed by atoms with Crippen LogP contribution in [0.15, 0.2) is 24.3 Å². The number of fused-ring (bicyclic) bond motifs is 1. The molecule has 0 radical (unpaired) electrons. The van der Waals surface area contributed by atoms with Crippen LogP contribution >= 0.6 is 11.6 Å². The molecule has 0 aromatic heterocycles. The summed E-state index contributed by atoms with van der Waals surface area (Å²) in [6.07, 6.45) is 13.6. The number of ether oxygens (including phenoxy) is 3. The van der Waals surface area contributed by atoms with Crippen LogP contribution in [0, 0.1) is 38.5 Å². The van der Waals surface area contributed by atoms with Gasteiger partial charge < -0.3 is 14.2 Å². The van der Waals surface area contributed by atoms with Crippen LogP contribution in [0.3, 0.4) is 0 Å². The fourth-order valence-electron chi connectivity index (χ4n) is 6.23. The summed E-state index contributed by atoms with van der Waals surface area (Å²) < 4.78 is 18.2. The molecule has 0 amide bonds. The van der Waals surface area contributed by atoms with E-state index in [9.17, 15) is 4.79 Å². The first-order chi connectivity index (χ1) is 19.9. The van der Waals surface area contributed by atoms with E-state index in [1.807, 2.05) is 13.8 Å². The van der Waals surface area contributed by atoms with Gasteiger partial charge in [-0.25, -0.2) is 4.79 Å². The van der Waals surface area contributed by atoms with Gasteiger partial charge in [-0.3, -0.25) is 0 Å². The second kappa shape index (κ2) is 16.0. The normalized spacial score (nSPS) is 17.9. The van der Waals surface area contributed by atoms with E-state index in [0.717, 1.165) is 65.0 Å². The van der Waals surface area contributed by atoms with Crippen LogP contribution in [-0.2, 0) is 11.2 Å². The van der Waals surface area contributed by atoms with Crippen molar-refractivity contribution in [3.63, 3.8) is 0 Å². The van der Waals surface area contributed by atoms with Gasteiger partial charge in [0.2, 0.25) is 0 Å². The summed E-state index contributed by atoms with van der Waals surface area (Å²) in [7, 11) is 0. The maximum atomic E-state index is 12.7. The molecule has 3 atom stereocenters. The Labute approximate surface area is 260 Å². The van der Waals surface area contributed by atoms with Crippen molar-refractivity contribution in [1.29, 1.82) is 0 Å². The van der Waals surface area contributed by atoms with Crippen molar-refractivity contribution in [2.75, 3.05) is 6.61 Å². The molecular formula is C37H55ClO4. The summed E-state index contributed by atoms with van der Waals surface area (Å²) in [5.41, 5.74) is 3.99.